The second-order valence-electron chi connectivity index (χ2n) is 6.33. The van der Waals surface area contributed by atoms with Gasteiger partial charge in [0, 0.05) is 6.42 Å². The highest BCUT2D eigenvalue weighted by atomic mass is 19.4. The molecule has 3 rings (SSSR count). The normalized spacial score (nSPS) is 19.2. The van der Waals surface area contributed by atoms with Crippen LogP contribution in [0.5, 0.6) is 0 Å². The van der Waals surface area contributed by atoms with Gasteiger partial charge < -0.3 is 19.7 Å². The standard InChI is InChI=1S/C17H17F3N4O5/c18-17(19,20)15-22-13(29-23-15)7-21-14(26)12-6-11(25)8-24(12)16(27)28-9-10-4-2-1-3-5-10/h1-5,11-12,25H,6-9H2,(H,21,26)/t11-,12+/m1/s1. The minimum Gasteiger partial charge on any atom is -0.445 e. The van der Waals surface area contributed by atoms with Crippen molar-refractivity contribution in [1.29, 1.82) is 0 Å². The van der Waals surface area contributed by atoms with Gasteiger partial charge in [0.25, 0.3) is 5.82 Å². The lowest BCUT2D eigenvalue weighted by Gasteiger charge is -2.22. The van der Waals surface area contributed by atoms with Gasteiger partial charge in [0.05, 0.1) is 19.2 Å². The smallest absolute Gasteiger partial charge is 0.445 e. The highest BCUT2D eigenvalue weighted by Gasteiger charge is 2.40. The van der Waals surface area contributed by atoms with Crippen LogP contribution in [0.25, 0.3) is 0 Å². The van der Waals surface area contributed by atoms with Crippen LogP contribution in [0, 0.1) is 0 Å². The third-order valence-corrected chi connectivity index (χ3v) is 4.16. The SMILES string of the molecule is O=C(NCc1nc(C(F)(F)F)no1)[C@@H]1C[C@@H](O)CN1C(=O)OCc1ccccc1. The second-order valence-corrected chi connectivity index (χ2v) is 6.33. The fourth-order valence-electron chi connectivity index (χ4n) is 2.79. The van der Waals surface area contributed by atoms with Crippen molar-refractivity contribution in [3.05, 3.63) is 47.6 Å². The number of halogens is 3. The summed E-state index contributed by atoms with van der Waals surface area (Å²) in [5.74, 6) is -2.59. The molecule has 1 aromatic carbocycles. The Bertz CT molecular complexity index is 858. The Morgan fingerprint density at radius 2 is 2.03 bits per heavy atom. The van der Waals surface area contributed by atoms with Crippen LogP contribution in [0.2, 0.25) is 0 Å². The molecule has 1 saturated heterocycles. The van der Waals surface area contributed by atoms with Crippen molar-refractivity contribution < 1.29 is 37.1 Å². The van der Waals surface area contributed by atoms with Gasteiger partial charge in [-0.3, -0.25) is 9.69 Å². The van der Waals surface area contributed by atoms with E-state index in [2.05, 4.69) is 20.0 Å². The number of rotatable bonds is 5. The maximum Gasteiger partial charge on any atom is 0.455 e. The Labute approximate surface area is 162 Å². The summed E-state index contributed by atoms with van der Waals surface area (Å²) in [4.78, 5) is 28.9. The summed E-state index contributed by atoms with van der Waals surface area (Å²) in [7, 11) is 0. The Morgan fingerprint density at radius 1 is 1.31 bits per heavy atom. The van der Waals surface area contributed by atoms with E-state index in [1.54, 1.807) is 24.3 Å². The summed E-state index contributed by atoms with van der Waals surface area (Å²) >= 11 is 0. The van der Waals surface area contributed by atoms with Crippen LogP contribution in [0.3, 0.4) is 0 Å². The van der Waals surface area contributed by atoms with Crippen molar-refractivity contribution in [3.8, 4) is 0 Å². The first kappa shape index (κ1) is 20.6. The summed E-state index contributed by atoms with van der Waals surface area (Å²) in [6.07, 6.45) is -6.53. The van der Waals surface area contributed by atoms with Gasteiger partial charge >= 0.3 is 12.3 Å². The second kappa shape index (κ2) is 8.47. The van der Waals surface area contributed by atoms with E-state index in [4.69, 9.17) is 4.74 Å². The number of aliphatic hydroxyl groups is 1. The van der Waals surface area contributed by atoms with E-state index in [1.807, 2.05) is 6.07 Å². The largest absolute Gasteiger partial charge is 0.455 e. The van der Waals surface area contributed by atoms with E-state index < -0.39 is 48.6 Å². The lowest BCUT2D eigenvalue weighted by Crippen LogP contribution is -2.46. The summed E-state index contributed by atoms with van der Waals surface area (Å²) in [5.41, 5.74) is 0.749. The quantitative estimate of drug-likeness (QED) is 0.761. The number of carbonyl (C=O) groups excluding carboxylic acids is 2. The van der Waals surface area contributed by atoms with Crippen LogP contribution in [0.15, 0.2) is 34.9 Å². The minimum atomic E-state index is -4.76. The van der Waals surface area contributed by atoms with Gasteiger partial charge in [-0.15, -0.1) is 0 Å². The number of β-amino-alcohol motifs (C(OH)–C–C–N with tert-alkyl or cyclic N) is 1. The Hall–Kier alpha value is -3.15. The average molecular weight is 414 g/mol. The maximum absolute atomic E-state index is 12.5. The molecule has 2 N–H and O–H groups in total. The lowest BCUT2D eigenvalue weighted by atomic mass is 10.2. The summed E-state index contributed by atoms with van der Waals surface area (Å²) in [6.45, 7) is -0.575. The number of amides is 2. The van der Waals surface area contributed by atoms with Gasteiger partial charge in [0.2, 0.25) is 11.8 Å². The molecule has 1 aliphatic heterocycles. The van der Waals surface area contributed by atoms with E-state index in [1.165, 1.54) is 0 Å². The molecule has 0 unspecified atom stereocenters. The zero-order valence-electron chi connectivity index (χ0n) is 14.9. The fraction of sp³-hybridized carbons (Fsp3) is 0.412. The van der Waals surface area contributed by atoms with E-state index >= 15 is 0 Å². The monoisotopic (exact) mass is 414 g/mol. The Kier molecular flexibility index (Phi) is 6.01. The number of aromatic nitrogens is 2. The summed E-state index contributed by atoms with van der Waals surface area (Å²) < 4.78 is 47.0. The van der Waals surface area contributed by atoms with Crippen molar-refractivity contribution in [2.45, 2.75) is 37.9 Å². The first-order valence-corrected chi connectivity index (χ1v) is 8.57. The van der Waals surface area contributed by atoms with Gasteiger partial charge in [-0.25, -0.2) is 4.79 Å². The molecule has 156 valence electrons. The lowest BCUT2D eigenvalue weighted by molar-refractivity contribution is -0.146. The van der Waals surface area contributed by atoms with Gasteiger partial charge in [0.1, 0.15) is 12.6 Å². The number of carbonyl (C=O) groups is 2. The van der Waals surface area contributed by atoms with Crippen molar-refractivity contribution in [2.24, 2.45) is 0 Å². The van der Waals surface area contributed by atoms with Gasteiger partial charge in [-0.1, -0.05) is 35.5 Å². The number of nitrogens with one attached hydrogen (secondary N) is 1. The van der Waals surface area contributed by atoms with Crippen LogP contribution >= 0.6 is 0 Å². The molecule has 29 heavy (non-hydrogen) atoms. The third kappa shape index (κ3) is 5.22. The molecule has 0 spiro atoms. The number of hydrogen-bond donors (Lipinski definition) is 2. The first-order chi connectivity index (χ1) is 13.7. The van der Waals surface area contributed by atoms with E-state index in [-0.39, 0.29) is 19.6 Å². The molecule has 2 heterocycles. The van der Waals surface area contributed by atoms with Gasteiger partial charge in [0.15, 0.2) is 0 Å². The number of benzene rings is 1. The van der Waals surface area contributed by atoms with Gasteiger partial charge in [-0.2, -0.15) is 18.2 Å². The molecule has 0 radical (unpaired) electrons. The van der Waals surface area contributed by atoms with Crippen LogP contribution in [-0.2, 0) is 28.9 Å². The molecule has 1 fully saturated rings. The van der Waals surface area contributed by atoms with E-state index in [0.29, 0.717) is 0 Å². The number of aliphatic hydroxyl groups excluding tert-OH is 1. The van der Waals surface area contributed by atoms with Crippen LogP contribution in [0.1, 0.15) is 23.7 Å². The van der Waals surface area contributed by atoms with Crippen molar-refractivity contribution in [2.75, 3.05) is 6.54 Å². The fourth-order valence-corrected chi connectivity index (χ4v) is 2.79. The van der Waals surface area contributed by atoms with Crippen LogP contribution < -0.4 is 5.32 Å². The van der Waals surface area contributed by atoms with Crippen LogP contribution in [0.4, 0.5) is 18.0 Å². The highest BCUT2D eigenvalue weighted by Crippen LogP contribution is 2.26. The number of nitrogens with zero attached hydrogens (tertiary/aromatic N) is 3. The highest BCUT2D eigenvalue weighted by molar-refractivity contribution is 5.86. The Morgan fingerprint density at radius 3 is 2.69 bits per heavy atom. The molecular formula is C17H17F3N4O5. The van der Waals surface area contributed by atoms with Crippen molar-refractivity contribution >= 4 is 12.0 Å². The minimum absolute atomic E-state index is 0.0111. The molecule has 2 amide bonds. The molecule has 2 aromatic rings. The summed E-state index contributed by atoms with van der Waals surface area (Å²) in [5, 5.41) is 14.9. The average Bonchev–Trinajstić information content (AvgIpc) is 3.31. The topological polar surface area (TPSA) is 118 Å². The predicted octanol–water partition coefficient (Wildman–Crippen LogP) is 1.48. The molecule has 0 saturated carbocycles. The number of hydrogen-bond acceptors (Lipinski definition) is 7. The third-order valence-electron chi connectivity index (χ3n) is 4.16. The van der Waals surface area contributed by atoms with Crippen molar-refractivity contribution in [3.63, 3.8) is 0 Å². The summed E-state index contributed by atoms with van der Waals surface area (Å²) in [6, 6.07) is 7.84. The molecular weight excluding hydrogens is 397 g/mol. The zero-order chi connectivity index (χ0) is 21.0. The molecule has 1 aliphatic rings. The maximum atomic E-state index is 12.5. The number of alkyl halides is 3. The zero-order valence-corrected chi connectivity index (χ0v) is 14.9. The van der Waals surface area contributed by atoms with E-state index in [9.17, 15) is 27.9 Å². The number of likely N-dealkylation sites (tertiary alicyclic amines) is 1. The first-order valence-electron chi connectivity index (χ1n) is 8.57. The molecule has 12 heteroatoms. The van der Waals surface area contributed by atoms with Gasteiger partial charge in [-0.05, 0) is 5.56 Å². The molecule has 0 bridgehead atoms. The van der Waals surface area contributed by atoms with E-state index in [0.717, 1.165) is 10.5 Å². The predicted molar refractivity (Wildman–Crippen MR) is 88.9 cm³/mol. The molecule has 1 aromatic heterocycles. The van der Waals surface area contributed by atoms with Crippen LogP contribution in [-0.4, -0.2) is 50.8 Å². The Balaban J connectivity index is 1.56. The molecule has 2 atom stereocenters. The molecule has 9 nitrogen and oxygen atoms in total. The number of ether oxygens (including phenoxy) is 1. The van der Waals surface area contributed by atoms with Crippen molar-refractivity contribution in [1.82, 2.24) is 20.4 Å². The molecule has 0 aliphatic carbocycles.